The van der Waals surface area contributed by atoms with Gasteiger partial charge in [-0.1, -0.05) is 0 Å². The highest BCUT2D eigenvalue weighted by molar-refractivity contribution is 5.85. The molecule has 6 aliphatic rings. The number of nitrogens with one attached hydrogen (secondary N) is 3. The molecule has 4 aliphatic carbocycles. The first-order chi connectivity index (χ1) is 12.6. The fourth-order valence-corrected chi connectivity index (χ4v) is 7.54. The smallest absolute Gasteiger partial charge is 0.239 e. The lowest BCUT2D eigenvalue weighted by molar-refractivity contribution is -0.132. The van der Waals surface area contributed by atoms with E-state index >= 15 is 0 Å². The van der Waals surface area contributed by atoms with Crippen molar-refractivity contribution in [3.05, 3.63) is 0 Å². The Morgan fingerprint density at radius 1 is 0.846 bits per heavy atom. The molecule has 5 heteroatoms. The summed E-state index contributed by atoms with van der Waals surface area (Å²) in [6, 6.07) is 1.43. The van der Waals surface area contributed by atoms with E-state index in [-0.39, 0.29) is 29.8 Å². The van der Waals surface area contributed by atoms with E-state index in [0.29, 0.717) is 18.5 Å². The molecule has 0 aromatic carbocycles. The quantitative estimate of drug-likeness (QED) is 0.704. The lowest BCUT2D eigenvalue weighted by Crippen LogP contribution is -2.51. The molecule has 4 saturated carbocycles. The number of rotatable bonds is 5. The highest BCUT2D eigenvalue weighted by Gasteiger charge is 2.51. The average molecular weight is 360 g/mol. The van der Waals surface area contributed by atoms with Gasteiger partial charge in [0.05, 0.1) is 6.54 Å². The van der Waals surface area contributed by atoms with Crippen LogP contribution in [0.3, 0.4) is 0 Å². The maximum Gasteiger partial charge on any atom is 0.239 e. The van der Waals surface area contributed by atoms with Crippen molar-refractivity contribution < 1.29 is 9.59 Å². The van der Waals surface area contributed by atoms with Crippen LogP contribution >= 0.6 is 0 Å². The predicted molar refractivity (Wildman–Crippen MR) is 99.3 cm³/mol. The third-order valence-corrected chi connectivity index (χ3v) is 7.98. The Kier molecular flexibility index (Phi) is 4.26. The Labute approximate surface area is 156 Å². The number of hydrogen-bond donors (Lipinski definition) is 3. The first-order valence-electron chi connectivity index (χ1n) is 10.9. The minimum atomic E-state index is -0.0184. The zero-order valence-electron chi connectivity index (χ0n) is 15.8. The van der Waals surface area contributed by atoms with Crippen LogP contribution in [0.2, 0.25) is 0 Å². The number of carbonyl (C=O) groups excluding carboxylic acids is 2. The van der Waals surface area contributed by atoms with Crippen LogP contribution in [0.5, 0.6) is 0 Å². The monoisotopic (exact) mass is 359 g/mol. The van der Waals surface area contributed by atoms with Crippen molar-refractivity contribution in [2.24, 2.45) is 23.2 Å². The van der Waals surface area contributed by atoms with Gasteiger partial charge in [-0.15, -0.1) is 0 Å². The van der Waals surface area contributed by atoms with E-state index in [1.807, 2.05) is 0 Å². The van der Waals surface area contributed by atoms with Gasteiger partial charge in [0.1, 0.15) is 0 Å². The summed E-state index contributed by atoms with van der Waals surface area (Å²) < 4.78 is 0. The van der Waals surface area contributed by atoms with Gasteiger partial charge in [-0.2, -0.15) is 0 Å². The Morgan fingerprint density at radius 3 is 2.00 bits per heavy atom. The number of piperidine rings is 1. The van der Waals surface area contributed by atoms with Crippen LogP contribution in [-0.2, 0) is 9.59 Å². The third kappa shape index (κ3) is 3.39. The number of hydrogen-bond acceptors (Lipinski definition) is 3. The molecule has 0 spiro atoms. The topological polar surface area (TPSA) is 70.2 Å². The zero-order valence-corrected chi connectivity index (χ0v) is 15.8. The molecule has 0 aromatic rings. The lowest BCUT2D eigenvalue weighted by atomic mass is 9.49. The summed E-state index contributed by atoms with van der Waals surface area (Å²) in [6.45, 7) is 0.143. The van der Waals surface area contributed by atoms with Crippen LogP contribution in [0.25, 0.3) is 0 Å². The number of carbonyl (C=O) groups is 2. The molecular weight excluding hydrogens is 326 g/mol. The summed E-state index contributed by atoms with van der Waals surface area (Å²) in [6.07, 6.45) is 13.1. The Balaban J connectivity index is 1.08. The zero-order chi connectivity index (χ0) is 17.7. The molecule has 0 radical (unpaired) electrons. The van der Waals surface area contributed by atoms with Gasteiger partial charge < -0.3 is 16.0 Å². The molecule has 26 heavy (non-hydrogen) atoms. The molecule has 2 saturated heterocycles. The van der Waals surface area contributed by atoms with E-state index in [1.54, 1.807) is 0 Å². The van der Waals surface area contributed by atoms with Gasteiger partial charge in [-0.05, 0) is 87.4 Å². The maximum atomic E-state index is 12.5. The van der Waals surface area contributed by atoms with E-state index in [0.717, 1.165) is 30.6 Å². The maximum absolute atomic E-state index is 12.5. The normalized spacial score (nSPS) is 45.5. The first-order valence-corrected chi connectivity index (χ1v) is 10.9. The third-order valence-electron chi connectivity index (χ3n) is 7.98. The van der Waals surface area contributed by atoms with E-state index in [2.05, 4.69) is 16.0 Å². The van der Waals surface area contributed by atoms with Gasteiger partial charge >= 0.3 is 0 Å². The largest absolute Gasteiger partial charge is 0.352 e. The molecule has 6 rings (SSSR count). The minimum Gasteiger partial charge on any atom is -0.352 e. The van der Waals surface area contributed by atoms with E-state index < -0.39 is 0 Å². The van der Waals surface area contributed by atoms with Crippen LogP contribution in [0.4, 0.5) is 0 Å². The van der Waals surface area contributed by atoms with Crippen LogP contribution in [0.15, 0.2) is 0 Å². The molecule has 2 heterocycles. The Hall–Kier alpha value is -1.10. The van der Waals surface area contributed by atoms with Gasteiger partial charge in [-0.3, -0.25) is 9.59 Å². The van der Waals surface area contributed by atoms with Gasteiger partial charge in [0.15, 0.2) is 0 Å². The predicted octanol–water partition coefficient (Wildman–Crippen LogP) is 2.11. The first kappa shape index (κ1) is 17.0. The van der Waals surface area contributed by atoms with E-state index in [1.165, 1.54) is 51.4 Å². The van der Waals surface area contributed by atoms with Crippen molar-refractivity contribution in [2.45, 2.75) is 88.8 Å². The highest BCUT2D eigenvalue weighted by Crippen LogP contribution is 2.61. The standard InChI is InChI=1S/C21H33N3O2/c25-19(11-21-8-13-3-14(9-21)5-15(4-13)10-21)22-12-20(26)24-18-6-16-1-2-17(7-18)23-16/h13-18,23H,1-12H2,(H,22,25)(H,24,26). The summed E-state index contributed by atoms with van der Waals surface area (Å²) in [4.78, 5) is 24.8. The molecule has 3 N–H and O–H groups in total. The molecule has 144 valence electrons. The van der Waals surface area contributed by atoms with Crippen molar-refractivity contribution in [2.75, 3.05) is 6.54 Å². The summed E-state index contributed by atoms with van der Waals surface area (Å²) in [5.74, 6) is 2.68. The average Bonchev–Trinajstić information content (AvgIpc) is 2.90. The summed E-state index contributed by atoms with van der Waals surface area (Å²) in [5.41, 5.74) is 0.254. The summed E-state index contributed by atoms with van der Waals surface area (Å²) in [5, 5.41) is 9.65. The van der Waals surface area contributed by atoms with Crippen LogP contribution < -0.4 is 16.0 Å². The molecule has 2 amide bonds. The van der Waals surface area contributed by atoms with Crippen molar-refractivity contribution in [3.8, 4) is 0 Å². The SMILES string of the molecule is O=C(CC12CC3CC(CC(C3)C1)C2)NCC(=O)NC1CC2CCC(C1)N2. The van der Waals surface area contributed by atoms with Crippen molar-refractivity contribution >= 4 is 11.8 Å². The van der Waals surface area contributed by atoms with Crippen LogP contribution in [0.1, 0.15) is 70.6 Å². The van der Waals surface area contributed by atoms with Crippen LogP contribution in [0, 0.1) is 23.2 Å². The molecular formula is C21H33N3O2. The second kappa shape index (κ2) is 6.50. The Bertz CT molecular complexity index is 543. The summed E-state index contributed by atoms with van der Waals surface area (Å²) in [7, 11) is 0. The fraction of sp³-hybridized carbons (Fsp3) is 0.905. The molecule has 2 aliphatic heterocycles. The number of amides is 2. The van der Waals surface area contributed by atoms with Crippen molar-refractivity contribution in [1.29, 1.82) is 0 Å². The Morgan fingerprint density at radius 2 is 1.42 bits per heavy atom. The molecule has 2 unspecified atom stereocenters. The van der Waals surface area contributed by atoms with Gasteiger partial charge in [-0.25, -0.2) is 0 Å². The molecule has 0 aromatic heterocycles. The second-order valence-corrected chi connectivity index (χ2v) is 10.2. The number of fused-ring (bicyclic) bond motifs is 2. The summed E-state index contributed by atoms with van der Waals surface area (Å²) >= 11 is 0. The fourth-order valence-electron chi connectivity index (χ4n) is 7.54. The molecule has 6 fully saturated rings. The molecule has 2 atom stereocenters. The van der Waals surface area contributed by atoms with E-state index in [4.69, 9.17) is 0 Å². The van der Waals surface area contributed by atoms with Crippen LogP contribution in [-0.4, -0.2) is 36.5 Å². The van der Waals surface area contributed by atoms with E-state index in [9.17, 15) is 9.59 Å². The minimum absolute atomic E-state index is 0.0184. The lowest BCUT2D eigenvalue weighted by Gasteiger charge is -2.56. The highest BCUT2D eigenvalue weighted by atomic mass is 16.2. The second-order valence-electron chi connectivity index (χ2n) is 10.2. The molecule has 5 nitrogen and oxygen atoms in total. The van der Waals surface area contributed by atoms with Crippen molar-refractivity contribution in [3.63, 3.8) is 0 Å². The van der Waals surface area contributed by atoms with Gasteiger partial charge in [0.2, 0.25) is 11.8 Å². The van der Waals surface area contributed by atoms with Crippen molar-refractivity contribution in [1.82, 2.24) is 16.0 Å². The van der Waals surface area contributed by atoms with Gasteiger partial charge in [0, 0.05) is 24.5 Å². The molecule has 6 bridgehead atoms. The van der Waals surface area contributed by atoms with Gasteiger partial charge in [0.25, 0.3) is 0 Å².